The van der Waals surface area contributed by atoms with E-state index in [2.05, 4.69) is 47.9 Å². The highest BCUT2D eigenvalue weighted by atomic mass is 32.2. The highest BCUT2D eigenvalue weighted by molar-refractivity contribution is 7.99. The van der Waals surface area contributed by atoms with E-state index in [4.69, 9.17) is 5.73 Å². The number of nitrogens with one attached hydrogen (secondary N) is 9. The predicted octanol–water partition coefficient (Wildman–Crippen LogP) is -2.57. The maximum absolute atomic E-state index is 14.2. The van der Waals surface area contributed by atoms with Gasteiger partial charge in [-0.1, -0.05) is 41.5 Å². The van der Waals surface area contributed by atoms with Crippen molar-refractivity contribution in [1.82, 2.24) is 57.3 Å². The Labute approximate surface area is 545 Å². The van der Waals surface area contributed by atoms with Crippen LogP contribution in [0.25, 0.3) is 0 Å². The molecule has 1 aromatic rings. The topological polar surface area (TPSA) is 486 Å². The Morgan fingerprint density at radius 2 is 1.13 bits per heavy atom. The summed E-state index contributed by atoms with van der Waals surface area (Å²) in [5.41, 5.74) is 6.53. The van der Waals surface area contributed by atoms with Crippen LogP contribution in [-0.4, -0.2) is 210 Å². The fraction of sp³-hybridized carbons (Fsp3) is 0.717. The zero-order valence-electron chi connectivity index (χ0n) is 55.0. The fourth-order valence-electron chi connectivity index (χ4n) is 10.1. The lowest BCUT2D eigenvalue weighted by Gasteiger charge is -2.31. The molecule has 0 unspecified atom stereocenters. The van der Waals surface area contributed by atoms with Crippen molar-refractivity contribution < 1.29 is 97.2 Å². The quantitative estimate of drug-likeness (QED) is 0.0181. The molecule has 0 aliphatic carbocycles. The number of unbranched alkanes of at least 4 members (excludes halogenated alkanes) is 2. The number of aryl methyl sites for hydroxylation is 2. The van der Waals surface area contributed by atoms with Crippen LogP contribution in [0.5, 0.6) is 0 Å². The number of aliphatic hydroxyl groups excluding tert-OH is 2. The van der Waals surface area contributed by atoms with E-state index in [9.17, 15) is 92.7 Å². The largest absolute Gasteiger partial charge is 0.481 e. The van der Waals surface area contributed by atoms with Crippen molar-refractivity contribution in [2.75, 3.05) is 32.0 Å². The Kier molecular flexibility index (Phi) is 35.9. The molecule has 32 nitrogen and oxygen atoms in total. The molecule has 2 rings (SSSR count). The molecule has 10 amide bonds. The van der Waals surface area contributed by atoms with Gasteiger partial charge in [0.1, 0.15) is 72.1 Å². The number of aliphatic carboxylic acids is 3. The van der Waals surface area contributed by atoms with Crippen LogP contribution in [0.15, 0.2) is 11.4 Å². The van der Waals surface area contributed by atoms with Gasteiger partial charge in [-0.05, 0) is 114 Å². The number of hydrogen-bond acceptors (Lipinski definition) is 18. The first-order valence-electron chi connectivity index (χ1n) is 31.4. The minimum Gasteiger partial charge on any atom is -0.481 e. The third-order valence-corrected chi connectivity index (χ3v) is 16.5. The molecule has 1 aromatic heterocycles. The van der Waals surface area contributed by atoms with Crippen LogP contribution in [0.1, 0.15) is 150 Å². The molecule has 524 valence electrons. The molecule has 0 saturated carbocycles. The first-order valence-corrected chi connectivity index (χ1v) is 32.4. The van der Waals surface area contributed by atoms with Gasteiger partial charge in [-0.25, -0.2) is 13.9 Å². The van der Waals surface area contributed by atoms with Crippen LogP contribution in [-0.2, 0) is 81.2 Å². The number of amides is 10. The van der Waals surface area contributed by atoms with E-state index in [1.165, 1.54) is 32.5 Å². The Balaban J connectivity index is 2.18. The standard InChI is InChI=1S/C60H99N13O19S/c1-32(2)26-41(53(85)66-40(59(91)92)17-13-14-24-61)64-46(78)28-62-56(88)50(36(8)75)70-54(86)42(27-33(3)4)67-55(87)44-18-15-25-73(44)58(90)43(30-74)68-57(89)49(34(5)6)69-52(84)39(21-23-48(81)82)65-51(83)38(20-22-47(79)80)63-45(77)19-12-11-16-37(76)31-93-60-71(9)29-35(7)72(60)10/h29,32-34,36,38-44,49-50,74-75H,11-28,30-31,61H2,1-10H3,(H11-,62,63,64,65,66,67,68,69,70,77,78,79,80,81,82,83,84,85,86,87,88,89,91,92)/p+1/t36-,38+,39+,40+,41+,42+,43+,44+,49+,50+/m1/s1. The maximum atomic E-state index is 14.2. The molecule has 93 heavy (non-hydrogen) atoms. The molecular formula is C60H100N13O19S+. The summed E-state index contributed by atoms with van der Waals surface area (Å²) in [6.07, 6.45) is 0.137. The van der Waals surface area contributed by atoms with Crippen LogP contribution in [0.3, 0.4) is 0 Å². The first-order chi connectivity index (χ1) is 43.6. The summed E-state index contributed by atoms with van der Waals surface area (Å²) in [7, 11) is 3.75. The highest BCUT2D eigenvalue weighted by Crippen LogP contribution is 2.21. The van der Waals surface area contributed by atoms with Crippen LogP contribution < -0.4 is 58.2 Å². The molecule has 0 aromatic carbocycles. The number of carboxylic acid groups (broad SMARTS) is 3. The Morgan fingerprint density at radius 1 is 0.613 bits per heavy atom. The number of thioether (sulfide) groups is 1. The third kappa shape index (κ3) is 29.0. The molecule has 0 spiro atoms. The maximum Gasteiger partial charge on any atom is 0.326 e. The zero-order chi connectivity index (χ0) is 70.4. The molecule has 1 fully saturated rings. The molecule has 2 heterocycles. The van der Waals surface area contributed by atoms with Crippen molar-refractivity contribution in [3.63, 3.8) is 0 Å². The lowest BCUT2D eigenvalue weighted by Crippen LogP contribution is -2.61. The summed E-state index contributed by atoms with van der Waals surface area (Å²) >= 11 is 1.37. The molecule has 33 heteroatoms. The van der Waals surface area contributed by atoms with Gasteiger partial charge in [-0.15, -0.1) is 0 Å². The Bertz CT molecular complexity index is 2760. The Morgan fingerprint density at radius 3 is 1.66 bits per heavy atom. The van der Waals surface area contributed by atoms with Gasteiger partial charge in [-0.3, -0.25) is 62.3 Å². The molecule has 16 N–H and O–H groups in total. The van der Waals surface area contributed by atoms with Crippen molar-refractivity contribution in [2.45, 2.75) is 217 Å². The van der Waals surface area contributed by atoms with E-state index >= 15 is 0 Å². The molecule has 10 atom stereocenters. The minimum atomic E-state index is -1.72. The number of aliphatic hydroxyl groups is 2. The van der Waals surface area contributed by atoms with E-state index in [-0.39, 0.29) is 81.3 Å². The number of carbonyl (C=O) groups is 14. The van der Waals surface area contributed by atoms with E-state index in [0.717, 1.165) is 15.8 Å². The number of likely N-dealkylation sites (tertiary alicyclic amines) is 1. The predicted molar refractivity (Wildman–Crippen MR) is 336 cm³/mol. The van der Waals surface area contributed by atoms with E-state index in [1.807, 2.05) is 36.4 Å². The number of carboxylic acids is 3. The van der Waals surface area contributed by atoms with Gasteiger partial charge in [-0.2, -0.15) is 0 Å². The average molecular weight is 1340 g/mol. The van der Waals surface area contributed by atoms with Crippen LogP contribution >= 0.6 is 11.8 Å². The van der Waals surface area contributed by atoms with Gasteiger partial charge in [0.25, 0.3) is 0 Å². The van der Waals surface area contributed by atoms with Gasteiger partial charge in [0.15, 0.2) is 0 Å². The second-order valence-corrected chi connectivity index (χ2v) is 25.5. The van der Waals surface area contributed by atoms with Gasteiger partial charge in [0, 0.05) is 39.2 Å². The van der Waals surface area contributed by atoms with Crippen LogP contribution in [0, 0.1) is 24.7 Å². The summed E-state index contributed by atoms with van der Waals surface area (Å²) in [6.45, 7) is 11.7. The molecule has 1 aliphatic heterocycles. The third-order valence-electron chi connectivity index (χ3n) is 15.2. The summed E-state index contributed by atoms with van der Waals surface area (Å²) in [5, 5.41) is 72.7. The first kappa shape index (κ1) is 81.3. The lowest BCUT2D eigenvalue weighted by molar-refractivity contribution is -0.709. The number of rotatable bonds is 44. The van der Waals surface area contributed by atoms with E-state index in [0.29, 0.717) is 25.8 Å². The second-order valence-electron chi connectivity index (χ2n) is 24.5. The molecule has 1 saturated heterocycles. The van der Waals surface area contributed by atoms with Gasteiger partial charge in [0.05, 0.1) is 39.1 Å². The van der Waals surface area contributed by atoms with Crippen molar-refractivity contribution in [3.05, 3.63) is 11.9 Å². The summed E-state index contributed by atoms with van der Waals surface area (Å²) in [4.78, 5) is 186. The number of nitrogens with two attached hydrogens (primary N) is 1. The monoisotopic (exact) mass is 1340 g/mol. The van der Waals surface area contributed by atoms with E-state index < -0.39 is 182 Å². The highest BCUT2D eigenvalue weighted by Gasteiger charge is 2.41. The molecule has 0 bridgehead atoms. The fourth-order valence-corrected chi connectivity index (χ4v) is 11.1. The normalized spacial score (nSPS) is 15.9. The number of hydrogen-bond donors (Lipinski definition) is 15. The van der Waals surface area contributed by atoms with Crippen LogP contribution in [0.4, 0.5) is 0 Å². The Hall–Kier alpha value is -7.78. The van der Waals surface area contributed by atoms with Gasteiger partial charge >= 0.3 is 23.1 Å². The molecule has 1 aliphatic rings. The summed E-state index contributed by atoms with van der Waals surface area (Å²) < 4.78 is 3.86. The molecular weight excluding hydrogens is 1240 g/mol. The lowest BCUT2D eigenvalue weighted by atomic mass is 10.0. The number of aromatic nitrogens is 2. The number of carbonyl (C=O) groups excluding carboxylic acids is 11. The smallest absolute Gasteiger partial charge is 0.326 e. The van der Waals surface area contributed by atoms with Gasteiger partial charge < -0.3 is 84.0 Å². The van der Waals surface area contributed by atoms with Gasteiger partial charge in [0.2, 0.25) is 59.1 Å². The van der Waals surface area contributed by atoms with Crippen molar-refractivity contribution in [1.29, 1.82) is 0 Å². The average Bonchev–Trinajstić information content (AvgIpc) is 1.96. The second kappa shape index (κ2) is 41.0. The van der Waals surface area contributed by atoms with Crippen molar-refractivity contribution >= 4 is 94.5 Å². The number of ketones is 1. The van der Waals surface area contributed by atoms with E-state index in [1.54, 1.807) is 27.7 Å². The van der Waals surface area contributed by atoms with Crippen molar-refractivity contribution in [3.8, 4) is 0 Å². The minimum absolute atomic E-state index is 0.0233. The number of imidazole rings is 1. The zero-order valence-corrected chi connectivity index (χ0v) is 55.8. The molecule has 0 radical (unpaired) electrons. The number of nitrogens with zero attached hydrogens (tertiary/aromatic N) is 3. The van der Waals surface area contributed by atoms with Crippen LogP contribution in [0.2, 0.25) is 0 Å². The number of Topliss-reactive ketones (excluding diaryl/α,β-unsaturated/α-hetero) is 1. The SMILES string of the molecule is Cc1c[n+](C)c(SCC(=O)CCCCC(=O)N[C@@H](CCC(=O)O)C(=O)N[C@@H](CCC(=O)O)C(=O)N[C@H](C(=O)N[C@@H](CO)C(=O)N2CCC[C@H]2C(=O)N[C@@H](CC(C)C)C(=O)N[C@H](C(=O)NCC(=O)N[C@@H](CC(C)C)C(=O)N[C@@H](CCCCN)C(=O)O)[C@@H](C)O)C(C)C)n1C. The van der Waals surface area contributed by atoms with Crippen molar-refractivity contribution in [2.24, 2.45) is 37.6 Å². The summed E-state index contributed by atoms with van der Waals surface area (Å²) in [6, 6.07) is -13.2. The summed E-state index contributed by atoms with van der Waals surface area (Å²) in [5.74, 6) is -14.2.